The summed E-state index contributed by atoms with van der Waals surface area (Å²) in [6.07, 6.45) is 0. The van der Waals surface area contributed by atoms with E-state index in [1.807, 2.05) is 6.92 Å². The summed E-state index contributed by atoms with van der Waals surface area (Å²) in [6.45, 7) is 2.70. The fraction of sp³-hybridized carbons (Fsp3) is 0.800. The number of ether oxygens (including phenoxy) is 1. The van der Waals surface area contributed by atoms with Gasteiger partial charge in [0.05, 0.1) is 11.9 Å². The van der Waals surface area contributed by atoms with Crippen LogP contribution in [0, 0.1) is 0 Å². The summed E-state index contributed by atoms with van der Waals surface area (Å²) in [5.41, 5.74) is 0. The highest BCUT2D eigenvalue weighted by Gasteiger charge is 2.11. The zero-order chi connectivity index (χ0) is 5.98. The lowest BCUT2D eigenvalue weighted by atomic mass is 10.4. The molecule has 0 aliphatic carbocycles. The van der Waals surface area contributed by atoms with Crippen molar-refractivity contribution in [3.05, 3.63) is 0 Å². The van der Waals surface area contributed by atoms with Crippen LogP contribution in [0.2, 0.25) is 0 Å². The zero-order valence-corrected chi connectivity index (χ0v) is 5.48. The first-order chi connectivity index (χ1) is 3.83. The Balaban J connectivity index is 2.44. The Kier molecular flexibility index (Phi) is 1.73. The molecule has 1 heterocycles. The first-order valence-corrected chi connectivity index (χ1v) is 3.12. The Bertz CT molecular complexity index is 113. The van der Waals surface area contributed by atoms with Crippen molar-refractivity contribution < 1.29 is 4.74 Å². The average Bonchev–Trinajstić information content (AvgIpc) is 2.14. The lowest BCUT2D eigenvalue weighted by molar-refractivity contribution is 0.321. The molecular weight excluding hydrogens is 126 g/mol. The molecule has 1 atom stereocenters. The third-order valence-electron chi connectivity index (χ3n) is 0.970. The fourth-order valence-electron chi connectivity index (χ4n) is 0.610. The lowest BCUT2D eigenvalue weighted by Gasteiger charge is -1.92. The van der Waals surface area contributed by atoms with Gasteiger partial charge in [-0.05, 0) is 6.92 Å². The second kappa shape index (κ2) is 2.35. The van der Waals surface area contributed by atoms with Crippen LogP contribution < -0.4 is 0 Å². The van der Waals surface area contributed by atoms with Gasteiger partial charge < -0.3 is 4.74 Å². The molecule has 0 radical (unpaired) electrons. The molecule has 0 N–H and O–H groups in total. The van der Waals surface area contributed by atoms with E-state index in [4.69, 9.17) is 16.3 Å². The Morgan fingerprint density at radius 2 is 2.75 bits per heavy atom. The van der Waals surface area contributed by atoms with Gasteiger partial charge in [-0.15, -0.1) is 11.6 Å². The molecule has 0 fully saturated rings. The molecular formula is C5H8ClNO. The molecule has 0 spiro atoms. The minimum atomic E-state index is 0.309. The van der Waals surface area contributed by atoms with Crippen molar-refractivity contribution in [1.29, 1.82) is 0 Å². The third-order valence-corrected chi connectivity index (χ3v) is 1.20. The minimum Gasteiger partial charge on any atom is -0.478 e. The maximum Gasteiger partial charge on any atom is 0.199 e. The smallest absolute Gasteiger partial charge is 0.199 e. The molecule has 1 rings (SSSR count). The Labute approximate surface area is 53.5 Å². The summed E-state index contributed by atoms with van der Waals surface area (Å²) >= 11 is 5.42. The molecule has 0 saturated carbocycles. The maximum atomic E-state index is 5.42. The summed E-state index contributed by atoms with van der Waals surface area (Å²) in [6, 6.07) is 0.309. The van der Waals surface area contributed by atoms with Gasteiger partial charge in [0.2, 0.25) is 0 Å². The topological polar surface area (TPSA) is 21.6 Å². The van der Waals surface area contributed by atoms with E-state index in [1.54, 1.807) is 0 Å². The van der Waals surface area contributed by atoms with E-state index in [0.29, 0.717) is 24.4 Å². The Morgan fingerprint density at radius 3 is 3.00 bits per heavy atom. The number of alkyl halides is 1. The summed E-state index contributed by atoms with van der Waals surface area (Å²) in [5, 5.41) is 0. The SMILES string of the molecule is CC1COC(CCl)=N1. The predicted octanol–water partition coefficient (Wildman–Crippen LogP) is 1.04. The molecule has 0 aromatic heterocycles. The zero-order valence-electron chi connectivity index (χ0n) is 4.72. The van der Waals surface area contributed by atoms with Gasteiger partial charge in [-0.2, -0.15) is 0 Å². The molecule has 0 amide bonds. The van der Waals surface area contributed by atoms with E-state index in [2.05, 4.69) is 4.99 Å². The van der Waals surface area contributed by atoms with Gasteiger partial charge in [-0.3, -0.25) is 0 Å². The van der Waals surface area contributed by atoms with E-state index < -0.39 is 0 Å². The van der Waals surface area contributed by atoms with Crippen molar-refractivity contribution >= 4 is 17.5 Å². The van der Waals surface area contributed by atoms with E-state index in [0.717, 1.165) is 0 Å². The van der Waals surface area contributed by atoms with Gasteiger partial charge >= 0.3 is 0 Å². The van der Waals surface area contributed by atoms with Crippen LogP contribution >= 0.6 is 11.6 Å². The number of aliphatic imine (C=N–C) groups is 1. The van der Waals surface area contributed by atoms with Crippen molar-refractivity contribution in [3.8, 4) is 0 Å². The highest BCUT2D eigenvalue weighted by atomic mass is 35.5. The van der Waals surface area contributed by atoms with Crippen molar-refractivity contribution in [3.63, 3.8) is 0 Å². The van der Waals surface area contributed by atoms with Gasteiger partial charge in [0.15, 0.2) is 5.90 Å². The van der Waals surface area contributed by atoms with Gasteiger partial charge in [0.25, 0.3) is 0 Å². The first kappa shape index (κ1) is 5.89. The van der Waals surface area contributed by atoms with Gasteiger partial charge in [0.1, 0.15) is 6.61 Å². The summed E-state index contributed by atoms with van der Waals surface area (Å²) in [4.78, 5) is 4.07. The number of halogens is 1. The van der Waals surface area contributed by atoms with E-state index in [-0.39, 0.29) is 0 Å². The lowest BCUT2D eigenvalue weighted by Crippen LogP contribution is -2.00. The monoisotopic (exact) mass is 133 g/mol. The largest absolute Gasteiger partial charge is 0.478 e. The molecule has 0 saturated heterocycles. The maximum absolute atomic E-state index is 5.42. The normalized spacial score (nSPS) is 27.2. The summed E-state index contributed by atoms with van der Waals surface area (Å²) < 4.78 is 5.03. The minimum absolute atomic E-state index is 0.309. The highest BCUT2D eigenvalue weighted by molar-refractivity contribution is 6.27. The molecule has 1 aliphatic rings. The first-order valence-electron chi connectivity index (χ1n) is 2.58. The third kappa shape index (κ3) is 1.13. The molecule has 0 aromatic carbocycles. The quantitative estimate of drug-likeness (QED) is 0.490. The molecule has 1 aliphatic heterocycles. The second-order valence-corrected chi connectivity index (χ2v) is 2.08. The van der Waals surface area contributed by atoms with Crippen LogP contribution in [0.25, 0.3) is 0 Å². The number of rotatable bonds is 1. The number of hydrogen-bond donors (Lipinski definition) is 0. The van der Waals surface area contributed by atoms with Crippen LogP contribution in [0.3, 0.4) is 0 Å². The van der Waals surface area contributed by atoms with Crippen LogP contribution in [-0.2, 0) is 4.74 Å². The van der Waals surface area contributed by atoms with Crippen LogP contribution in [0.4, 0.5) is 0 Å². The Hall–Kier alpha value is -0.240. The average molecular weight is 134 g/mol. The van der Waals surface area contributed by atoms with Crippen LogP contribution in [-0.4, -0.2) is 24.4 Å². The van der Waals surface area contributed by atoms with E-state index in [1.165, 1.54) is 0 Å². The number of nitrogens with zero attached hydrogens (tertiary/aromatic N) is 1. The van der Waals surface area contributed by atoms with Crippen molar-refractivity contribution in [2.75, 3.05) is 12.5 Å². The molecule has 3 heteroatoms. The van der Waals surface area contributed by atoms with Crippen LogP contribution in [0.15, 0.2) is 4.99 Å². The predicted molar refractivity (Wildman–Crippen MR) is 33.6 cm³/mol. The molecule has 1 unspecified atom stereocenters. The van der Waals surface area contributed by atoms with Crippen LogP contribution in [0.1, 0.15) is 6.92 Å². The van der Waals surface area contributed by atoms with Crippen molar-refractivity contribution in [1.82, 2.24) is 0 Å². The van der Waals surface area contributed by atoms with Crippen molar-refractivity contribution in [2.45, 2.75) is 13.0 Å². The molecule has 8 heavy (non-hydrogen) atoms. The molecule has 0 aromatic rings. The highest BCUT2D eigenvalue weighted by Crippen LogP contribution is 2.03. The second-order valence-electron chi connectivity index (χ2n) is 1.82. The number of hydrogen-bond acceptors (Lipinski definition) is 2. The van der Waals surface area contributed by atoms with Gasteiger partial charge in [-0.1, -0.05) is 0 Å². The van der Waals surface area contributed by atoms with Gasteiger partial charge in [-0.25, -0.2) is 4.99 Å². The summed E-state index contributed by atoms with van der Waals surface area (Å²) in [7, 11) is 0. The molecule has 0 bridgehead atoms. The Morgan fingerprint density at radius 1 is 2.00 bits per heavy atom. The molecule has 2 nitrogen and oxygen atoms in total. The van der Waals surface area contributed by atoms with E-state index in [9.17, 15) is 0 Å². The van der Waals surface area contributed by atoms with E-state index >= 15 is 0 Å². The van der Waals surface area contributed by atoms with Crippen molar-refractivity contribution in [2.24, 2.45) is 4.99 Å². The standard InChI is InChI=1S/C5H8ClNO/c1-4-3-8-5(2-6)7-4/h4H,2-3H2,1H3. The summed E-state index contributed by atoms with van der Waals surface area (Å²) in [5.74, 6) is 1.09. The van der Waals surface area contributed by atoms with Crippen LogP contribution in [0.5, 0.6) is 0 Å². The molecule has 46 valence electrons. The van der Waals surface area contributed by atoms with Gasteiger partial charge in [0, 0.05) is 0 Å². The fourth-order valence-corrected chi connectivity index (χ4v) is 0.756.